The molecule has 2 atom stereocenters. The van der Waals surface area contributed by atoms with Crippen LogP contribution >= 0.6 is 0 Å². The third-order valence-electron chi connectivity index (χ3n) is 3.06. The Morgan fingerprint density at radius 2 is 1.94 bits per heavy atom. The van der Waals surface area contributed by atoms with Crippen molar-refractivity contribution in [1.29, 1.82) is 0 Å². The molecule has 2 heterocycles. The first-order valence-corrected chi connectivity index (χ1v) is 5.91. The third kappa shape index (κ3) is 2.44. The zero-order valence-corrected chi connectivity index (χ0v) is 10.5. The monoisotopic (exact) mass is 234 g/mol. The Morgan fingerprint density at radius 3 is 2.47 bits per heavy atom. The fourth-order valence-corrected chi connectivity index (χ4v) is 2.17. The van der Waals surface area contributed by atoms with E-state index in [0.717, 1.165) is 18.8 Å². The molecule has 5 heteroatoms. The fourth-order valence-electron chi connectivity index (χ4n) is 2.17. The summed E-state index contributed by atoms with van der Waals surface area (Å²) in [5.41, 5.74) is 1.25. The lowest BCUT2D eigenvalue weighted by Gasteiger charge is -2.39. The number of nitrogens with one attached hydrogen (secondary N) is 1. The van der Waals surface area contributed by atoms with E-state index in [4.69, 9.17) is 0 Å². The Kier molecular flexibility index (Phi) is 3.38. The summed E-state index contributed by atoms with van der Waals surface area (Å²) in [6.07, 6.45) is 3.18. The van der Waals surface area contributed by atoms with Crippen molar-refractivity contribution in [2.45, 2.75) is 32.9 Å². The van der Waals surface area contributed by atoms with Gasteiger partial charge < -0.3 is 10.2 Å². The minimum atomic E-state index is -0.0287. The average Bonchev–Trinajstić information content (AvgIpc) is 2.29. The number of hydrogen-bond acceptors (Lipinski definition) is 4. The first-order chi connectivity index (χ1) is 8.09. The van der Waals surface area contributed by atoms with E-state index < -0.39 is 0 Å². The van der Waals surface area contributed by atoms with Gasteiger partial charge in [0.2, 0.25) is 0 Å². The molecule has 1 aliphatic rings. The molecule has 0 bridgehead atoms. The molecule has 0 aromatic carbocycles. The summed E-state index contributed by atoms with van der Waals surface area (Å²) >= 11 is 0. The maximum absolute atomic E-state index is 12.3. The second-order valence-electron chi connectivity index (χ2n) is 4.61. The number of aromatic nitrogens is 2. The lowest BCUT2D eigenvalue weighted by Crippen LogP contribution is -2.57. The van der Waals surface area contributed by atoms with Crippen molar-refractivity contribution in [3.63, 3.8) is 0 Å². The molecule has 0 aliphatic carbocycles. The van der Waals surface area contributed by atoms with Gasteiger partial charge in [0.05, 0.1) is 11.9 Å². The number of nitrogens with zero attached hydrogens (tertiary/aromatic N) is 3. The highest BCUT2D eigenvalue weighted by Crippen LogP contribution is 2.13. The lowest BCUT2D eigenvalue weighted by molar-refractivity contribution is 0.0538. The van der Waals surface area contributed by atoms with Crippen molar-refractivity contribution in [2.24, 2.45) is 0 Å². The van der Waals surface area contributed by atoms with Gasteiger partial charge in [0.15, 0.2) is 0 Å². The number of piperazine rings is 1. The molecule has 5 nitrogen and oxygen atoms in total. The smallest absolute Gasteiger partial charge is 0.274 e. The first-order valence-electron chi connectivity index (χ1n) is 5.91. The first kappa shape index (κ1) is 12.0. The highest BCUT2D eigenvalue weighted by atomic mass is 16.2. The summed E-state index contributed by atoms with van der Waals surface area (Å²) in [4.78, 5) is 22.5. The number of rotatable bonds is 1. The van der Waals surface area contributed by atoms with E-state index in [-0.39, 0.29) is 18.0 Å². The van der Waals surface area contributed by atoms with Gasteiger partial charge in [-0.2, -0.15) is 0 Å². The van der Waals surface area contributed by atoms with Crippen LogP contribution in [0.1, 0.15) is 30.0 Å². The number of amides is 1. The van der Waals surface area contributed by atoms with Gasteiger partial charge in [-0.1, -0.05) is 0 Å². The molecule has 1 saturated heterocycles. The predicted octanol–water partition coefficient (Wildman–Crippen LogP) is 0.607. The Labute approximate surface area is 101 Å². The summed E-state index contributed by atoms with van der Waals surface area (Å²) in [7, 11) is 0. The molecule has 1 N–H and O–H groups in total. The van der Waals surface area contributed by atoms with Crippen molar-refractivity contribution in [3.8, 4) is 0 Å². The van der Waals surface area contributed by atoms with Gasteiger partial charge in [0.1, 0.15) is 5.69 Å². The zero-order chi connectivity index (χ0) is 12.4. The Hall–Kier alpha value is -1.49. The van der Waals surface area contributed by atoms with Crippen LogP contribution in [0, 0.1) is 6.92 Å². The fraction of sp³-hybridized carbons (Fsp3) is 0.583. The Bertz CT molecular complexity index is 393. The molecule has 92 valence electrons. The van der Waals surface area contributed by atoms with Gasteiger partial charge in [0.25, 0.3) is 5.91 Å². The van der Waals surface area contributed by atoms with Crippen LogP contribution in [0.15, 0.2) is 12.4 Å². The lowest BCUT2D eigenvalue weighted by atomic mass is 10.1. The second kappa shape index (κ2) is 4.79. The van der Waals surface area contributed by atoms with Crippen molar-refractivity contribution >= 4 is 5.91 Å². The van der Waals surface area contributed by atoms with E-state index >= 15 is 0 Å². The summed E-state index contributed by atoms with van der Waals surface area (Å²) in [6, 6.07) is 0.378. The molecule has 0 radical (unpaired) electrons. The average molecular weight is 234 g/mol. The standard InChI is InChI=1S/C12H18N4O/c1-8-4-15-11(7-14-8)12(17)16-9(2)5-13-6-10(16)3/h4,7,9-10,13H,5-6H2,1-3H3. The predicted molar refractivity (Wildman–Crippen MR) is 64.7 cm³/mol. The van der Waals surface area contributed by atoms with E-state index in [1.54, 1.807) is 12.4 Å². The van der Waals surface area contributed by atoms with Crippen LogP contribution in [0.25, 0.3) is 0 Å². The molecule has 1 aliphatic heterocycles. The van der Waals surface area contributed by atoms with Gasteiger partial charge in [0, 0.05) is 31.4 Å². The van der Waals surface area contributed by atoms with Gasteiger partial charge in [-0.05, 0) is 20.8 Å². The van der Waals surface area contributed by atoms with Crippen molar-refractivity contribution in [1.82, 2.24) is 20.2 Å². The molecular weight excluding hydrogens is 216 g/mol. The molecular formula is C12H18N4O. The SMILES string of the molecule is Cc1cnc(C(=O)N2C(C)CNCC2C)cn1. The number of aryl methyl sites for hydroxylation is 1. The zero-order valence-electron chi connectivity index (χ0n) is 10.5. The highest BCUT2D eigenvalue weighted by molar-refractivity contribution is 5.92. The summed E-state index contributed by atoms with van der Waals surface area (Å²) in [5.74, 6) is -0.0287. The highest BCUT2D eigenvalue weighted by Gasteiger charge is 2.30. The van der Waals surface area contributed by atoms with E-state index in [9.17, 15) is 4.79 Å². The van der Waals surface area contributed by atoms with Crippen molar-refractivity contribution < 1.29 is 4.79 Å². The van der Waals surface area contributed by atoms with Crippen molar-refractivity contribution in [2.75, 3.05) is 13.1 Å². The van der Waals surface area contributed by atoms with E-state index in [1.807, 2.05) is 25.7 Å². The van der Waals surface area contributed by atoms with Crippen LogP contribution in [0.2, 0.25) is 0 Å². The molecule has 17 heavy (non-hydrogen) atoms. The summed E-state index contributed by atoms with van der Waals surface area (Å²) in [6.45, 7) is 7.60. The number of carbonyl (C=O) groups excluding carboxylic acids is 1. The molecule has 2 unspecified atom stereocenters. The van der Waals surface area contributed by atoms with Gasteiger partial charge in [-0.25, -0.2) is 4.98 Å². The topological polar surface area (TPSA) is 58.1 Å². The van der Waals surface area contributed by atoms with Gasteiger partial charge in [-0.15, -0.1) is 0 Å². The number of hydrogen-bond donors (Lipinski definition) is 1. The summed E-state index contributed by atoms with van der Waals surface area (Å²) in [5, 5.41) is 3.30. The van der Waals surface area contributed by atoms with Crippen LogP contribution in [0.3, 0.4) is 0 Å². The van der Waals surface area contributed by atoms with E-state index in [0.29, 0.717) is 5.69 Å². The van der Waals surface area contributed by atoms with Crippen LogP contribution in [0.4, 0.5) is 0 Å². The second-order valence-corrected chi connectivity index (χ2v) is 4.61. The normalized spacial score (nSPS) is 24.8. The quantitative estimate of drug-likeness (QED) is 0.773. The van der Waals surface area contributed by atoms with Crippen LogP contribution in [-0.2, 0) is 0 Å². The molecule has 2 rings (SSSR count). The minimum absolute atomic E-state index is 0.0287. The largest absolute Gasteiger partial charge is 0.329 e. The van der Waals surface area contributed by atoms with Crippen LogP contribution in [-0.4, -0.2) is 45.9 Å². The van der Waals surface area contributed by atoms with Gasteiger partial charge in [-0.3, -0.25) is 9.78 Å². The molecule has 0 spiro atoms. The third-order valence-corrected chi connectivity index (χ3v) is 3.06. The molecule has 0 saturated carbocycles. The van der Waals surface area contributed by atoms with Crippen molar-refractivity contribution in [3.05, 3.63) is 23.8 Å². The molecule has 1 amide bonds. The van der Waals surface area contributed by atoms with Crippen LogP contribution < -0.4 is 5.32 Å². The summed E-state index contributed by atoms with van der Waals surface area (Å²) < 4.78 is 0. The molecule has 1 fully saturated rings. The van der Waals surface area contributed by atoms with E-state index in [2.05, 4.69) is 15.3 Å². The van der Waals surface area contributed by atoms with E-state index in [1.165, 1.54) is 0 Å². The molecule has 1 aromatic heterocycles. The maximum atomic E-state index is 12.3. The Balaban J connectivity index is 2.20. The number of carbonyl (C=O) groups is 1. The van der Waals surface area contributed by atoms with Gasteiger partial charge >= 0.3 is 0 Å². The van der Waals surface area contributed by atoms with Crippen LogP contribution in [0.5, 0.6) is 0 Å². The Morgan fingerprint density at radius 1 is 1.29 bits per heavy atom. The molecule has 1 aromatic rings. The maximum Gasteiger partial charge on any atom is 0.274 e. The minimum Gasteiger partial charge on any atom is -0.329 e.